The summed E-state index contributed by atoms with van der Waals surface area (Å²) in [5.41, 5.74) is 4.28. The number of carbonyl (C=O) groups excluding carboxylic acids is 1. The van der Waals surface area contributed by atoms with Gasteiger partial charge in [0.2, 0.25) is 0 Å². The summed E-state index contributed by atoms with van der Waals surface area (Å²) in [7, 11) is 0. The van der Waals surface area contributed by atoms with Crippen molar-refractivity contribution in [1.82, 2.24) is 0 Å². The Hall–Kier alpha value is -2.45. The third kappa shape index (κ3) is 2.63. The van der Waals surface area contributed by atoms with E-state index < -0.39 is 0 Å². The van der Waals surface area contributed by atoms with E-state index in [0.29, 0.717) is 19.6 Å². The van der Waals surface area contributed by atoms with Gasteiger partial charge in [0.1, 0.15) is 0 Å². The van der Waals surface area contributed by atoms with Crippen LogP contribution in [0.2, 0.25) is 0 Å². The number of ether oxygens (including phenoxy) is 1. The van der Waals surface area contributed by atoms with Crippen LogP contribution >= 0.6 is 0 Å². The van der Waals surface area contributed by atoms with Crippen molar-refractivity contribution < 1.29 is 9.53 Å². The van der Waals surface area contributed by atoms with E-state index in [9.17, 15) is 4.79 Å². The minimum atomic E-state index is -0.322. The predicted molar refractivity (Wildman–Crippen MR) is 94.9 cm³/mol. The summed E-state index contributed by atoms with van der Waals surface area (Å²) in [6.07, 6.45) is 5.35. The van der Waals surface area contributed by atoms with Crippen molar-refractivity contribution >= 4 is 5.78 Å². The lowest BCUT2D eigenvalue weighted by Crippen LogP contribution is -2.31. The Balaban J connectivity index is 1.88. The number of allylic oxidation sites excluding steroid dienone is 2. The van der Waals surface area contributed by atoms with Crippen LogP contribution in [0.4, 0.5) is 0 Å². The van der Waals surface area contributed by atoms with Gasteiger partial charge in [-0.2, -0.15) is 0 Å². The van der Waals surface area contributed by atoms with Gasteiger partial charge in [-0.05, 0) is 34.8 Å². The van der Waals surface area contributed by atoms with Gasteiger partial charge in [0.15, 0.2) is 5.78 Å². The zero-order chi connectivity index (χ0) is 16.4. The van der Waals surface area contributed by atoms with Gasteiger partial charge in [0.05, 0.1) is 13.2 Å². The molecule has 1 aliphatic heterocycles. The SMILES string of the molecule is O=C1/C=C2/COC/C2=C/CC(c2ccccc2)(c2ccccc2)C1. The van der Waals surface area contributed by atoms with Crippen molar-refractivity contribution in [3.05, 3.63) is 95.1 Å². The first-order valence-electron chi connectivity index (χ1n) is 8.39. The van der Waals surface area contributed by atoms with Crippen molar-refractivity contribution in [2.24, 2.45) is 0 Å². The zero-order valence-electron chi connectivity index (χ0n) is 13.6. The van der Waals surface area contributed by atoms with Crippen LogP contribution in [0.3, 0.4) is 0 Å². The summed E-state index contributed by atoms with van der Waals surface area (Å²) in [6, 6.07) is 20.8. The van der Waals surface area contributed by atoms with Gasteiger partial charge in [0.25, 0.3) is 0 Å². The molecule has 1 fully saturated rings. The van der Waals surface area contributed by atoms with Crippen LogP contribution < -0.4 is 0 Å². The van der Waals surface area contributed by atoms with Crippen LogP contribution in [0.1, 0.15) is 24.0 Å². The molecule has 4 rings (SSSR count). The molecule has 2 aromatic carbocycles. The van der Waals surface area contributed by atoms with Gasteiger partial charge in [-0.1, -0.05) is 66.7 Å². The van der Waals surface area contributed by atoms with Crippen molar-refractivity contribution in [2.45, 2.75) is 18.3 Å². The van der Waals surface area contributed by atoms with E-state index >= 15 is 0 Å². The largest absolute Gasteiger partial charge is 0.372 e. The molecule has 2 aromatic rings. The van der Waals surface area contributed by atoms with Crippen molar-refractivity contribution in [3.8, 4) is 0 Å². The number of carbonyl (C=O) groups is 1. The molecule has 0 amide bonds. The zero-order valence-corrected chi connectivity index (χ0v) is 13.6. The fourth-order valence-electron chi connectivity index (χ4n) is 3.81. The van der Waals surface area contributed by atoms with Crippen LogP contribution in [-0.4, -0.2) is 19.0 Å². The second kappa shape index (κ2) is 6.21. The molecule has 1 heterocycles. The molecule has 0 unspecified atom stereocenters. The third-order valence-electron chi connectivity index (χ3n) is 5.09. The predicted octanol–water partition coefficient (Wildman–Crippen LogP) is 4.22. The summed E-state index contributed by atoms with van der Waals surface area (Å²) in [5.74, 6) is 0.175. The van der Waals surface area contributed by atoms with Crippen molar-refractivity contribution in [1.29, 1.82) is 0 Å². The molecule has 0 radical (unpaired) electrons. The van der Waals surface area contributed by atoms with Crippen molar-refractivity contribution in [3.63, 3.8) is 0 Å². The highest BCUT2D eigenvalue weighted by atomic mass is 16.5. The van der Waals surface area contributed by atoms with Gasteiger partial charge in [-0.3, -0.25) is 4.79 Å². The van der Waals surface area contributed by atoms with E-state index in [1.807, 2.05) is 12.1 Å². The Morgan fingerprint density at radius 1 is 0.792 bits per heavy atom. The molecule has 1 aliphatic carbocycles. The standard InChI is InChI=1S/C22H20O2/c23-21-13-18-16-24-15-17(18)11-12-22(14-21,19-7-3-1-4-8-19)20-9-5-2-6-10-20/h1-11,13H,12,14-16H2/b17-11-,18-13-. The summed E-state index contributed by atoms with van der Waals surface area (Å²) < 4.78 is 5.54. The van der Waals surface area contributed by atoms with E-state index in [-0.39, 0.29) is 11.2 Å². The van der Waals surface area contributed by atoms with Crippen LogP contribution in [0, 0.1) is 0 Å². The fraction of sp³-hybridized carbons (Fsp3) is 0.227. The second-order valence-corrected chi connectivity index (χ2v) is 6.55. The smallest absolute Gasteiger partial charge is 0.157 e. The van der Waals surface area contributed by atoms with E-state index in [2.05, 4.69) is 54.6 Å². The first-order valence-corrected chi connectivity index (χ1v) is 8.39. The normalized spacial score (nSPS) is 24.1. The second-order valence-electron chi connectivity index (χ2n) is 6.55. The maximum absolute atomic E-state index is 12.8. The summed E-state index contributed by atoms with van der Waals surface area (Å²) >= 11 is 0. The number of fused-ring (bicyclic) bond motifs is 1. The molecule has 120 valence electrons. The molecule has 0 bridgehead atoms. The first kappa shape index (κ1) is 15.1. The summed E-state index contributed by atoms with van der Waals surface area (Å²) in [4.78, 5) is 12.8. The average molecular weight is 316 g/mol. The lowest BCUT2D eigenvalue weighted by atomic mass is 9.67. The van der Waals surface area contributed by atoms with E-state index in [1.54, 1.807) is 6.08 Å². The minimum absolute atomic E-state index is 0.175. The molecule has 1 saturated heterocycles. The van der Waals surface area contributed by atoms with Gasteiger partial charge >= 0.3 is 0 Å². The van der Waals surface area contributed by atoms with Crippen molar-refractivity contribution in [2.75, 3.05) is 13.2 Å². The Labute approximate surface area is 142 Å². The first-order chi connectivity index (χ1) is 11.8. The Bertz CT molecular complexity index is 761. The van der Waals surface area contributed by atoms with Gasteiger partial charge < -0.3 is 4.74 Å². The maximum atomic E-state index is 12.8. The Kier molecular flexibility index (Phi) is 3.91. The van der Waals surface area contributed by atoms with Gasteiger partial charge in [0, 0.05) is 11.8 Å². The molecule has 2 nitrogen and oxygen atoms in total. The van der Waals surface area contributed by atoms with E-state index in [0.717, 1.165) is 12.0 Å². The molecule has 0 aromatic heterocycles. The van der Waals surface area contributed by atoms with E-state index in [4.69, 9.17) is 4.74 Å². The highest BCUT2D eigenvalue weighted by molar-refractivity contribution is 5.93. The van der Waals surface area contributed by atoms with Crippen LogP contribution in [0.15, 0.2) is 84.0 Å². The highest BCUT2D eigenvalue weighted by Crippen LogP contribution is 2.41. The third-order valence-corrected chi connectivity index (χ3v) is 5.09. The summed E-state index contributed by atoms with van der Waals surface area (Å²) in [6.45, 7) is 1.17. The van der Waals surface area contributed by atoms with Gasteiger partial charge in [-0.15, -0.1) is 0 Å². The minimum Gasteiger partial charge on any atom is -0.372 e. The Morgan fingerprint density at radius 2 is 1.38 bits per heavy atom. The lowest BCUT2D eigenvalue weighted by molar-refractivity contribution is -0.115. The molecule has 2 heteroatoms. The Morgan fingerprint density at radius 3 is 2.00 bits per heavy atom. The molecule has 0 N–H and O–H groups in total. The molecule has 0 atom stereocenters. The lowest BCUT2D eigenvalue weighted by Gasteiger charge is -2.34. The molecule has 0 saturated carbocycles. The monoisotopic (exact) mass is 316 g/mol. The average Bonchev–Trinajstić information content (AvgIpc) is 3.05. The molecular formula is C22H20O2. The number of rotatable bonds is 2. The van der Waals surface area contributed by atoms with Crippen LogP contribution in [0.25, 0.3) is 0 Å². The summed E-state index contributed by atoms with van der Waals surface area (Å²) in [5, 5.41) is 0. The fourth-order valence-corrected chi connectivity index (χ4v) is 3.81. The number of benzene rings is 2. The van der Waals surface area contributed by atoms with Gasteiger partial charge in [-0.25, -0.2) is 0 Å². The highest BCUT2D eigenvalue weighted by Gasteiger charge is 2.36. The number of hydrogen-bond donors (Lipinski definition) is 0. The maximum Gasteiger partial charge on any atom is 0.157 e. The molecule has 2 aliphatic rings. The van der Waals surface area contributed by atoms with E-state index in [1.165, 1.54) is 16.7 Å². The number of ketones is 1. The topological polar surface area (TPSA) is 26.3 Å². The van der Waals surface area contributed by atoms with Crippen LogP contribution in [0.5, 0.6) is 0 Å². The number of hydrogen-bond acceptors (Lipinski definition) is 2. The molecular weight excluding hydrogens is 296 g/mol. The van der Waals surface area contributed by atoms with Crippen LogP contribution in [-0.2, 0) is 14.9 Å². The molecule has 0 spiro atoms. The molecule has 24 heavy (non-hydrogen) atoms. The quantitative estimate of drug-likeness (QED) is 0.829.